The lowest BCUT2D eigenvalue weighted by molar-refractivity contribution is 0.0947. The molecule has 112 valence electrons. The summed E-state index contributed by atoms with van der Waals surface area (Å²) in [6, 6.07) is 0. The smallest absolute Gasteiger partial charge is 0.271 e. The number of thiazole rings is 2. The molecule has 5 nitrogen and oxygen atoms in total. The summed E-state index contributed by atoms with van der Waals surface area (Å²) in [5, 5.41) is 6.49. The van der Waals surface area contributed by atoms with Crippen molar-refractivity contribution in [1.82, 2.24) is 15.3 Å². The van der Waals surface area contributed by atoms with E-state index in [1.165, 1.54) is 11.3 Å². The molecule has 0 aliphatic rings. The Morgan fingerprint density at radius 2 is 2.20 bits per heavy atom. The molecule has 2 heterocycles. The number of nitrogens with one attached hydrogen (secondary N) is 1. The summed E-state index contributed by atoms with van der Waals surface area (Å²) in [7, 11) is 0. The topological polar surface area (TPSA) is 80.9 Å². The van der Waals surface area contributed by atoms with E-state index in [2.05, 4.69) is 15.3 Å². The van der Waals surface area contributed by atoms with Crippen LogP contribution in [0.1, 0.15) is 25.4 Å². The van der Waals surface area contributed by atoms with Crippen LogP contribution in [0.4, 0.5) is 0 Å². The number of carbonyl (C=O) groups excluding carboxylic acids is 1. The molecule has 0 unspecified atom stereocenters. The highest BCUT2D eigenvalue weighted by molar-refractivity contribution is 7.11. The number of hydrogen-bond donors (Lipinski definition) is 2. The van der Waals surface area contributed by atoms with Gasteiger partial charge in [-0.3, -0.25) is 4.79 Å². The van der Waals surface area contributed by atoms with Gasteiger partial charge in [-0.05, 0) is 13.5 Å². The van der Waals surface area contributed by atoms with Crippen molar-refractivity contribution in [1.29, 1.82) is 0 Å². The van der Waals surface area contributed by atoms with Gasteiger partial charge in [0.15, 0.2) is 0 Å². The fourth-order valence-corrected chi connectivity index (χ4v) is 2.93. The quantitative estimate of drug-likeness (QED) is 0.862. The van der Waals surface area contributed by atoms with E-state index >= 15 is 0 Å². The van der Waals surface area contributed by atoms with Gasteiger partial charge in [0.2, 0.25) is 0 Å². The monoisotopic (exact) mass is 354 g/mol. The fourth-order valence-electron chi connectivity index (χ4n) is 1.40. The second-order valence-corrected chi connectivity index (χ2v) is 5.96. The van der Waals surface area contributed by atoms with E-state index in [1.54, 1.807) is 22.9 Å². The standard InChI is InChI=1S/C11H14N4OS2.2ClH/c1-7-13-4-8(18-7)5-14-11(16)9-6-17-10(15-9)2-3-12;;/h4,6H,2-3,5,12H2,1H3,(H,14,16);2*1H. The highest BCUT2D eigenvalue weighted by Gasteiger charge is 2.10. The summed E-state index contributed by atoms with van der Waals surface area (Å²) >= 11 is 3.04. The van der Waals surface area contributed by atoms with Crippen molar-refractivity contribution in [2.24, 2.45) is 5.73 Å². The zero-order valence-electron chi connectivity index (χ0n) is 10.8. The summed E-state index contributed by atoms with van der Waals surface area (Å²) < 4.78 is 0. The van der Waals surface area contributed by atoms with Gasteiger partial charge in [-0.15, -0.1) is 47.5 Å². The third-order valence-corrected chi connectivity index (χ3v) is 4.06. The van der Waals surface area contributed by atoms with Crippen LogP contribution in [0, 0.1) is 6.92 Å². The van der Waals surface area contributed by atoms with E-state index in [4.69, 9.17) is 5.73 Å². The Morgan fingerprint density at radius 1 is 1.45 bits per heavy atom. The van der Waals surface area contributed by atoms with Crippen LogP contribution < -0.4 is 11.1 Å². The van der Waals surface area contributed by atoms with E-state index in [-0.39, 0.29) is 30.7 Å². The maximum Gasteiger partial charge on any atom is 0.271 e. The first kappa shape index (κ1) is 19.3. The number of amides is 1. The third-order valence-electron chi connectivity index (χ3n) is 2.23. The third kappa shape index (κ3) is 5.34. The van der Waals surface area contributed by atoms with Crippen molar-refractivity contribution in [3.63, 3.8) is 0 Å². The first-order valence-corrected chi connectivity index (χ1v) is 7.22. The molecule has 20 heavy (non-hydrogen) atoms. The lowest BCUT2D eigenvalue weighted by Gasteiger charge is -1.99. The van der Waals surface area contributed by atoms with Gasteiger partial charge in [0.05, 0.1) is 16.6 Å². The first-order valence-electron chi connectivity index (χ1n) is 5.53. The number of nitrogens with zero attached hydrogens (tertiary/aromatic N) is 2. The Labute approximate surface area is 137 Å². The average Bonchev–Trinajstić information content (AvgIpc) is 2.96. The van der Waals surface area contributed by atoms with Crippen LogP contribution in [-0.2, 0) is 13.0 Å². The second kappa shape index (κ2) is 9.25. The maximum atomic E-state index is 11.8. The molecular formula is C11H16Cl2N4OS2. The van der Waals surface area contributed by atoms with Gasteiger partial charge < -0.3 is 11.1 Å². The maximum absolute atomic E-state index is 11.8. The number of nitrogens with two attached hydrogens (primary N) is 1. The van der Waals surface area contributed by atoms with E-state index < -0.39 is 0 Å². The van der Waals surface area contributed by atoms with Gasteiger partial charge in [0.1, 0.15) is 5.69 Å². The molecule has 0 atom stereocenters. The summed E-state index contributed by atoms with van der Waals surface area (Å²) in [5.41, 5.74) is 5.91. The molecule has 0 radical (unpaired) electrons. The first-order chi connectivity index (χ1) is 8.69. The molecule has 0 saturated heterocycles. The number of aromatic nitrogens is 2. The highest BCUT2D eigenvalue weighted by Crippen LogP contribution is 2.12. The van der Waals surface area contributed by atoms with Crippen LogP contribution in [-0.4, -0.2) is 22.4 Å². The summed E-state index contributed by atoms with van der Waals surface area (Å²) in [6.07, 6.45) is 2.49. The summed E-state index contributed by atoms with van der Waals surface area (Å²) in [4.78, 5) is 21.2. The van der Waals surface area contributed by atoms with Crippen LogP contribution in [0.3, 0.4) is 0 Å². The molecule has 0 spiro atoms. The molecule has 2 aromatic heterocycles. The Bertz CT molecular complexity index is 544. The van der Waals surface area contributed by atoms with Gasteiger partial charge in [0, 0.05) is 22.9 Å². The largest absolute Gasteiger partial charge is 0.346 e. The van der Waals surface area contributed by atoms with Crippen molar-refractivity contribution in [2.75, 3.05) is 6.54 Å². The molecule has 0 aromatic carbocycles. The Hall–Kier alpha value is -0.730. The normalized spacial score (nSPS) is 9.50. The Balaban J connectivity index is 0.00000180. The van der Waals surface area contributed by atoms with Crippen molar-refractivity contribution in [2.45, 2.75) is 19.9 Å². The van der Waals surface area contributed by atoms with Gasteiger partial charge >= 0.3 is 0 Å². The minimum absolute atomic E-state index is 0. The van der Waals surface area contributed by atoms with Crippen LogP contribution in [0.25, 0.3) is 0 Å². The number of rotatable bonds is 5. The Kier molecular flexibility index (Phi) is 8.91. The zero-order chi connectivity index (χ0) is 13.0. The van der Waals surface area contributed by atoms with Gasteiger partial charge in [-0.2, -0.15) is 0 Å². The highest BCUT2D eigenvalue weighted by atomic mass is 35.5. The minimum Gasteiger partial charge on any atom is -0.346 e. The van der Waals surface area contributed by atoms with Crippen molar-refractivity contribution in [3.8, 4) is 0 Å². The van der Waals surface area contributed by atoms with Crippen LogP contribution >= 0.6 is 47.5 Å². The minimum atomic E-state index is -0.152. The molecule has 2 rings (SSSR count). The van der Waals surface area contributed by atoms with Gasteiger partial charge in [-0.1, -0.05) is 0 Å². The molecular weight excluding hydrogens is 339 g/mol. The number of hydrogen-bond acceptors (Lipinski definition) is 6. The Morgan fingerprint density at radius 3 is 2.80 bits per heavy atom. The lowest BCUT2D eigenvalue weighted by Crippen LogP contribution is -2.22. The van der Waals surface area contributed by atoms with Crippen LogP contribution in [0.15, 0.2) is 11.6 Å². The summed E-state index contributed by atoms with van der Waals surface area (Å²) in [5.74, 6) is -0.152. The van der Waals surface area contributed by atoms with Crippen molar-refractivity contribution >= 4 is 53.4 Å². The molecule has 3 N–H and O–H groups in total. The zero-order valence-corrected chi connectivity index (χ0v) is 14.1. The van der Waals surface area contributed by atoms with Crippen LogP contribution in [0.5, 0.6) is 0 Å². The second-order valence-electron chi connectivity index (χ2n) is 3.69. The number of carbonyl (C=O) groups is 1. The molecule has 9 heteroatoms. The molecule has 0 saturated carbocycles. The van der Waals surface area contributed by atoms with Gasteiger partial charge in [0.25, 0.3) is 5.91 Å². The van der Waals surface area contributed by atoms with E-state index in [0.717, 1.165) is 14.9 Å². The van der Waals surface area contributed by atoms with E-state index in [0.29, 0.717) is 25.2 Å². The number of aryl methyl sites for hydroxylation is 1. The predicted octanol–water partition coefficient (Wildman–Crippen LogP) is 2.18. The lowest BCUT2D eigenvalue weighted by atomic mass is 10.4. The molecule has 0 aliphatic heterocycles. The summed E-state index contributed by atoms with van der Waals surface area (Å²) in [6.45, 7) is 2.98. The average molecular weight is 355 g/mol. The van der Waals surface area contributed by atoms with Crippen molar-refractivity contribution in [3.05, 3.63) is 32.2 Å². The molecule has 0 bridgehead atoms. The predicted molar refractivity (Wildman–Crippen MR) is 87.4 cm³/mol. The number of halogens is 2. The van der Waals surface area contributed by atoms with Crippen molar-refractivity contribution < 1.29 is 4.79 Å². The molecule has 0 aliphatic carbocycles. The molecule has 1 amide bonds. The van der Waals surface area contributed by atoms with Crippen LogP contribution in [0.2, 0.25) is 0 Å². The molecule has 0 fully saturated rings. The molecule has 2 aromatic rings. The van der Waals surface area contributed by atoms with Gasteiger partial charge in [-0.25, -0.2) is 9.97 Å². The van der Waals surface area contributed by atoms with E-state index in [1.807, 2.05) is 6.92 Å². The SMILES string of the molecule is Cc1ncc(CNC(=O)c2csc(CCN)n2)s1.Cl.Cl. The van der Waals surface area contributed by atoms with E-state index in [9.17, 15) is 4.79 Å². The fraction of sp³-hybridized carbons (Fsp3) is 0.364.